The smallest absolute Gasteiger partial charge is 0.0208 e. The van der Waals surface area contributed by atoms with E-state index < -0.39 is 0 Å². The molecule has 0 radical (unpaired) electrons. The summed E-state index contributed by atoms with van der Waals surface area (Å²) in [4.78, 5) is 0. The van der Waals surface area contributed by atoms with Crippen LogP contribution in [0.3, 0.4) is 0 Å². The van der Waals surface area contributed by atoms with Crippen LogP contribution in [0.25, 0.3) is 0 Å². The molecule has 1 aromatic rings. The average molecular weight is 206 g/mol. The molecule has 0 fully saturated rings. The van der Waals surface area contributed by atoms with E-state index in [-0.39, 0.29) is 6.61 Å². The Hall–Kier alpha value is -0.860. The second-order valence-corrected chi connectivity index (χ2v) is 3.85. The van der Waals surface area contributed by atoms with E-state index in [1.54, 1.807) is 0 Å². The first-order chi connectivity index (χ1) is 7.27. The average Bonchev–Trinajstić information content (AvgIpc) is 2.25. The number of hydrogen-bond donors (Lipinski definition) is 1. The standard InChI is InChI=1S/C13H20NO/c1-3-14-10-13-7-6-12(5-4-8-15)9-11(13)2/h6-7,9,14H,3-5,8,10H2,1-2H3/q-1. The Bertz CT molecular complexity index is 297. The lowest BCUT2D eigenvalue weighted by Gasteiger charge is -2.09. The molecule has 0 saturated heterocycles. The molecule has 0 amide bonds. The van der Waals surface area contributed by atoms with Gasteiger partial charge < -0.3 is 10.4 Å². The van der Waals surface area contributed by atoms with Crippen LogP contribution in [0.4, 0.5) is 0 Å². The summed E-state index contributed by atoms with van der Waals surface area (Å²) in [6.45, 7) is 6.20. The molecule has 2 heteroatoms. The molecular formula is C13H20NO-. The topological polar surface area (TPSA) is 35.1 Å². The molecular weight excluding hydrogens is 186 g/mol. The summed E-state index contributed by atoms with van der Waals surface area (Å²) >= 11 is 0. The van der Waals surface area contributed by atoms with E-state index in [2.05, 4.69) is 37.4 Å². The van der Waals surface area contributed by atoms with Crippen LogP contribution in [0.1, 0.15) is 30.0 Å². The van der Waals surface area contributed by atoms with Gasteiger partial charge in [0.15, 0.2) is 0 Å². The summed E-state index contributed by atoms with van der Waals surface area (Å²) in [5.74, 6) is 0. The summed E-state index contributed by atoms with van der Waals surface area (Å²) in [5.41, 5.74) is 3.95. The van der Waals surface area contributed by atoms with Crippen LogP contribution in [0.5, 0.6) is 0 Å². The maximum absolute atomic E-state index is 10.4. The van der Waals surface area contributed by atoms with Gasteiger partial charge in [-0.2, -0.15) is 0 Å². The Morgan fingerprint density at radius 1 is 1.33 bits per heavy atom. The van der Waals surface area contributed by atoms with E-state index in [0.29, 0.717) is 0 Å². The normalized spacial score (nSPS) is 10.6. The van der Waals surface area contributed by atoms with Gasteiger partial charge in [0.05, 0.1) is 0 Å². The quantitative estimate of drug-likeness (QED) is 0.763. The number of aryl methyl sites for hydroxylation is 2. The second kappa shape index (κ2) is 6.59. The molecule has 0 saturated carbocycles. The van der Waals surface area contributed by atoms with Gasteiger partial charge in [-0.15, -0.1) is 6.61 Å². The van der Waals surface area contributed by atoms with Gasteiger partial charge in [0.25, 0.3) is 0 Å². The van der Waals surface area contributed by atoms with Crippen LogP contribution in [-0.2, 0) is 13.0 Å². The molecule has 0 heterocycles. The first-order valence-corrected chi connectivity index (χ1v) is 5.65. The third-order valence-electron chi connectivity index (χ3n) is 2.58. The van der Waals surface area contributed by atoms with Crippen molar-refractivity contribution in [3.63, 3.8) is 0 Å². The highest BCUT2D eigenvalue weighted by Gasteiger charge is 1.99. The maximum Gasteiger partial charge on any atom is 0.0208 e. The predicted molar refractivity (Wildman–Crippen MR) is 61.7 cm³/mol. The van der Waals surface area contributed by atoms with Crippen molar-refractivity contribution in [1.29, 1.82) is 0 Å². The van der Waals surface area contributed by atoms with Crippen LogP contribution < -0.4 is 10.4 Å². The Kier molecular flexibility index (Phi) is 5.37. The van der Waals surface area contributed by atoms with Gasteiger partial charge in [0, 0.05) is 6.54 Å². The molecule has 0 aliphatic heterocycles. The molecule has 1 N–H and O–H groups in total. The van der Waals surface area contributed by atoms with Crippen LogP contribution in [0.2, 0.25) is 0 Å². The molecule has 0 aliphatic carbocycles. The van der Waals surface area contributed by atoms with Crippen molar-refractivity contribution in [2.24, 2.45) is 0 Å². The monoisotopic (exact) mass is 206 g/mol. The number of rotatable bonds is 6. The first-order valence-electron chi connectivity index (χ1n) is 5.65. The van der Waals surface area contributed by atoms with Crippen molar-refractivity contribution in [2.75, 3.05) is 13.2 Å². The van der Waals surface area contributed by atoms with Crippen LogP contribution in [0, 0.1) is 6.92 Å². The van der Waals surface area contributed by atoms with Crippen molar-refractivity contribution < 1.29 is 5.11 Å². The molecule has 15 heavy (non-hydrogen) atoms. The van der Waals surface area contributed by atoms with Crippen LogP contribution >= 0.6 is 0 Å². The SMILES string of the molecule is CCNCc1ccc(CCC[O-])cc1C. The van der Waals surface area contributed by atoms with Crippen molar-refractivity contribution in [2.45, 2.75) is 33.2 Å². The lowest BCUT2D eigenvalue weighted by Crippen LogP contribution is -2.12. The minimum absolute atomic E-state index is 0.0260. The van der Waals surface area contributed by atoms with E-state index >= 15 is 0 Å². The van der Waals surface area contributed by atoms with Gasteiger partial charge in [-0.05, 0) is 36.6 Å². The van der Waals surface area contributed by atoms with Crippen molar-refractivity contribution in [3.05, 3.63) is 34.9 Å². The second-order valence-electron chi connectivity index (χ2n) is 3.85. The first kappa shape index (κ1) is 12.2. The summed E-state index contributed by atoms with van der Waals surface area (Å²) < 4.78 is 0. The highest BCUT2D eigenvalue weighted by molar-refractivity contribution is 5.31. The predicted octanol–water partition coefficient (Wildman–Crippen LogP) is 1.40. The fourth-order valence-corrected chi connectivity index (χ4v) is 1.65. The maximum atomic E-state index is 10.4. The third kappa shape index (κ3) is 4.02. The molecule has 0 aliphatic rings. The van der Waals surface area contributed by atoms with Crippen molar-refractivity contribution >= 4 is 0 Å². The zero-order valence-electron chi connectivity index (χ0n) is 9.68. The number of hydrogen-bond acceptors (Lipinski definition) is 2. The summed E-state index contributed by atoms with van der Waals surface area (Å²) in [7, 11) is 0. The Labute approximate surface area is 92.3 Å². The molecule has 0 aromatic heterocycles. The van der Waals surface area contributed by atoms with Gasteiger partial charge in [0.2, 0.25) is 0 Å². The molecule has 1 aromatic carbocycles. The van der Waals surface area contributed by atoms with Gasteiger partial charge in [-0.25, -0.2) is 0 Å². The minimum Gasteiger partial charge on any atom is -0.854 e. The van der Waals surface area contributed by atoms with Gasteiger partial charge in [0.1, 0.15) is 0 Å². The zero-order valence-corrected chi connectivity index (χ0v) is 9.68. The molecule has 2 nitrogen and oxygen atoms in total. The Morgan fingerprint density at radius 2 is 2.13 bits per heavy atom. The van der Waals surface area contributed by atoms with Gasteiger partial charge in [-0.3, -0.25) is 0 Å². The summed E-state index contributed by atoms with van der Waals surface area (Å²) in [6, 6.07) is 6.50. The molecule has 0 unspecified atom stereocenters. The largest absolute Gasteiger partial charge is 0.854 e. The van der Waals surface area contributed by atoms with E-state index in [4.69, 9.17) is 0 Å². The third-order valence-corrected chi connectivity index (χ3v) is 2.58. The van der Waals surface area contributed by atoms with E-state index in [1.807, 2.05) is 0 Å². The summed E-state index contributed by atoms with van der Waals surface area (Å²) in [6.07, 6.45) is 1.65. The number of benzene rings is 1. The lowest BCUT2D eigenvalue weighted by molar-refractivity contribution is -0.368. The van der Waals surface area contributed by atoms with E-state index in [9.17, 15) is 5.11 Å². The van der Waals surface area contributed by atoms with Gasteiger partial charge >= 0.3 is 0 Å². The summed E-state index contributed by atoms with van der Waals surface area (Å²) in [5, 5.41) is 13.7. The molecule has 84 valence electrons. The van der Waals surface area contributed by atoms with Crippen LogP contribution in [0.15, 0.2) is 18.2 Å². The molecule has 0 spiro atoms. The molecule has 0 bridgehead atoms. The van der Waals surface area contributed by atoms with Crippen molar-refractivity contribution in [3.8, 4) is 0 Å². The zero-order chi connectivity index (χ0) is 11.1. The molecule has 1 rings (SSSR count). The van der Waals surface area contributed by atoms with Gasteiger partial charge in [-0.1, -0.05) is 31.5 Å². The number of nitrogens with one attached hydrogen (secondary N) is 1. The highest BCUT2D eigenvalue weighted by atomic mass is 16.2. The van der Waals surface area contributed by atoms with Crippen molar-refractivity contribution in [1.82, 2.24) is 5.32 Å². The fourth-order valence-electron chi connectivity index (χ4n) is 1.65. The van der Waals surface area contributed by atoms with E-state index in [0.717, 1.165) is 25.9 Å². The lowest BCUT2D eigenvalue weighted by atomic mass is 10.0. The highest BCUT2D eigenvalue weighted by Crippen LogP contribution is 2.12. The molecule has 0 atom stereocenters. The Balaban J connectivity index is 2.61. The van der Waals surface area contributed by atoms with E-state index in [1.165, 1.54) is 16.7 Å². The minimum atomic E-state index is 0.0260. The van der Waals surface area contributed by atoms with Crippen LogP contribution in [-0.4, -0.2) is 13.2 Å². The fraction of sp³-hybridized carbons (Fsp3) is 0.538. The Morgan fingerprint density at radius 3 is 2.73 bits per heavy atom.